The van der Waals surface area contributed by atoms with Crippen molar-refractivity contribution in [2.45, 2.75) is 19.1 Å². The lowest BCUT2D eigenvalue weighted by Crippen LogP contribution is -2.09. The highest BCUT2D eigenvalue weighted by Crippen LogP contribution is 2.39. The molecular weight excluding hydrogens is 180 g/mol. The van der Waals surface area contributed by atoms with Gasteiger partial charge in [0.2, 0.25) is 0 Å². The number of aryl methyl sites for hydroxylation is 1. The van der Waals surface area contributed by atoms with Crippen LogP contribution in [0.5, 0.6) is 0 Å². The number of hydrogen-bond donors (Lipinski definition) is 0. The first-order chi connectivity index (χ1) is 6.72. The lowest BCUT2D eigenvalue weighted by atomic mass is 10.1. The molecule has 14 heavy (non-hydrogen) atoms. The van der Waals surface area contributed by atoms with Crippen LogP contribution in [0, 0.1) is 6.92 Å². The van der Waals surface area contributed by atoms with E-state index < -0.39 is 6.10 Å². The molecule has 74 valence electrons. The molecule has 2 atom stereocenters. The molecule has 0 N–H and O–H groups in total. The Bertz CT molecular complexity index is 342. The maximum atomic E-state index is 11.1. The summed E-state index contributed by atoms with van der Waals surface area (Å²) in [6.45, 7) is 2.02. The standard InChI is InChI=1S/C11H12O3/c1-7-3-5-8(6-4-7)9-10(14-9)11(12)13-2/h3-6,9-10H,1-2H3/t9-,10-/m1/s1. The third-order valence-electron chi connectivity index (χ3n) is 2.33. The Kier molecular flexibility index (Phi) is 2.25. The molecule has 1 aliphatic heterocycles. The second-order valence-corrected chi connectivity index (χ2v) is 3.41. The van der Waals surface area contributed by atoms with Crippen molar-refractivity contribution >= 4 is 5.97 Å². The van der Waals surface area contributed by atoms with E-state index in [1.807, 2.05) is 31.2 Å². The molecule has 0 saturated carbocycles. The van der Waals surface area contributed by atoms with Crippen molar-refractivity contribution < 1.29 is 14.3 Å². The largest absolute Gasteiger partial charge is 0.467 e. The molecule has 0 amide bonds. The first kappa shape index (κ1) is 9.21. The van der Waals surface area contributed by atoms with Crippen LogP contribution in [0.1, 0.15) is 17.2 Å². The zero-order chi connectivity index (χ0) is 10.1. The van der Waals surface area contributed by atoms with Gasteiger partial charge in [-0.3, -0.25) is 0 Å². The number of carbonyl (C=O) groups excluding carboxylic acids is 1. The summed E-state index contributed by atoms with van der Waals surface area (Å²) in [5.74, 6) is -0.296. The summed E-state index contributed by atoms with van der Waals surface area (Å²) >= 11 is 0. The van der Waals surface area contributed by atoms with Gasteiger partial charge in [-0.15, -0.1) is 0 Å². The SMILES string of the molecule is COC(=O)[C@@H]1O[C@@H]1c1ccc(C)cc1. The number of methoxy groups -OCH3 is 1. The topological polar surface area (TPSA) is 38.8 Å². The van der Waals surface area contributed by atoms with E-state index in [2.05, 4.69) is 4.74 Å². The highest BCUT2D eigenvalue weighted by atomic mass is 16.6. The minimum atomic E-state index is -0.400. The average Bonchev–Trinajstić information content (AvgIpc) is 2.98. The van der Waals surface area contributed by atoms with E-state index in [1.165, 1.54) is 12.7 Å². The predicted octanol–water partition coefficient (Wildman–Crippen LogP) is 1.61. The summed E-state index contributed by atoms with van der Waals surface area (Å²) in [5, 5.41) is 0. The van der Waals surface area contributed by atoms with Crippen LogP contribution >= 0.6 is 0 Å². The third kappa shape index (κ3) is 1.63. The molecular formula is C11H12O3. The Balaban J connectivity index is 2.06. The molecule has 0 bridgehead atoms. The minimum Gasteiger partial charge on any atom is -0.467 e. The van der Waals surface area contributed by atoms with E-state index in [1.54, 1.807) is 0 Å². The number of esters is 1. The number of epoxide rings is 1. The zero-order valence-corrected chi connectivity index (χ0v) is 8.19. The molecule has 2 rings (SSSR count). The van der Waals surface area contributed by atoms with Crippen LogP contribution in [0.3, 0.4) is 0 Å². The second kappa shape index (κ2) is 3.42. The number of benzene rings is 1. The van der Waals surface area contributed by atoms with Crippen LogP contribution in [-0.4, -0.2) is 19.2 Å². The molecule has 3 heteroatoms. The fourth-order valence-corrected chi connectivity index (χ4v) is 1.42. The van der Waals surface area contributed by atoms with Gasteiger partial charge in [-0.05, 0) is 12.5 Å². The van der Waals surface area contributed by atoms with Gasteiger partial charge in [-0.25, -0.2) is 4.79 Å². The van der Waals surface area contributed by atoms with Gasteiger partial charge in [-0.1, -0.05) is 29.8 Å². The van der Waals surface area contributed by atoms with Crippen molar-refractivity contribution in [3.8, 4) is 0 Å². The predicted molar refractivity (Wildman–Crippen MR) is 50.8 cm³/mol. The van der Waals surface area contributed by atoms with Crippen molar-refractivity contribution in [1.82, 2.24) is 0 Å². The van der Waals surface area contributed by atoms with Gasteiger partial charge in [0.1, 0.15) is 6.10 Å². The molecule has 1 aliphatic rings. The van der Waals surface area contributed by atoms with Crippen LogP contribution in [0.15, 0.2) is 24.3 Å². The van der Waals surface area contributed by atoms with E-state index in [-0.39, 0.29) is 12.1 Å². The van der Waals surface area contributed by atoms with Crippen molar-refractivity contribution in [2.75, 3.05) is 7.11 Å². The van der Waals surface area contributed by atoms with Crippen LogP contribution in [0.25, 0.3) is 0 Å². The van der Waals surface area contributed by atoms with Gasteiger partial charge in [0.15, 0.2) is 6.10 Å². The van der Waals surface area contributed by atoms with Crippen LogP contribution in [0.4, 0.5) is 0 Å². The van der Waals surface area contributed by atoms with E-state index in [0.29, 0.717) is 0 Å². The molecule has 1 saturated heterocycles. The van der Waals surface area contributed by atoms with Gasteiger partial charge in [0.25, 0.3) is 0 Å². The number of hydrogen-bond acceptors (Lipinski definition) is 3. The molecule has 0 radical (unpaired) electrons. The third-order valence-corrected chi connectivity index (χ3v) is 2.33. The van der Waals surface area contributed by atoms with Crippen LogP contribution in [-0.2, 0) is 14.3 Å². The zero-order valence-electron chi connectivity index (χ0n) is 8.19. The number of ether oxygens (including phenoxy) is 2. The van der Waals surface area contributed by atoms with Crippen LogP contribution < -0.4 is 0 Å². The summed E-state index contributed by atoms with van der Waals surface area (Å²) in [6.07, 6.45) is -0.509. The van der Waals surface area contributed by atoms with Crippen molar-refractivity contribution in [1.29, 1.82) is 0 Å². The Morgan fingerprint density at radius 2 is 2.00 bits per heavy atom. The summed E-state index contributed by atoms with van der Waals surface area (Å²) in [5.41, 5.74) is 2.23. The molecule has 1 heterocycles. The van der Waals surface area contributed by atoms with E-state index >= 15 is 0 Å². The Morgan fingerprint density at radius 1 is 1.36 bits per heavy atom. The van der Waals surface area contributed by atoms with Crippen molar-refractivity contribution in [3.05, 3.63) is 35.4 Å². The lowest BCUT2D eigenvalue weighted by Gasteiger charge is -1.96. The monoisotopic (exact) mass is 192 g/mol. The summed E-state index contributed by atoms with van der Waals surface area (Å²) in [6, 6.07) is 7.96. The number of carbonyl (C=O) groups is 1. The van der Waals surface area contributed by atoms with E-state index in [4.69, 9.17) is 4.74 Å². The second-order valence-electron chi connectivity index (χ2n) is 3.41. The first-order valence-electron chi connectivity index (χ1n) is 4.52. The Hall–Kier alpha value is -1.35. The van der Waals surface area contributed by atoms with E-state index in [0.717, 1.165) is 5.56 Å². The highest BCUT2D eigenvalue weighted by molar-refractivity contribution is 5.78. The normalized spacial score (nSPS) is 24.4. The minimum absolute atomic E-state index is 0.108. The Morgan fingerprint density at radius 3 is 2.57 bits per heavy atom. The molecule has 0 aliphatic carbocycles. The van der Waals surface area contributed by atoms with Gasteiger partial charge in [0, 0.05) is 0 Å². The molecule has 0 unspecified atom stereocenters. The van der Waals surface area contributed by atoms with Crippen LogP contribution in [0.2, 0.25) is 0 Å². The van der Waals surface area contributed by atoms with Gasteiger partial charge in [0.05, 0.1) is 7.11 Å². The van der Waals surface area contributed by atoms with Crippen molar-refractivity contribution in [3.63, 3.8) is 0 Å². The maximum Gasteiger partial charge on any atom is 0.338 e. The molecule has 0 aromatic heterocycles. The summed E-state index contributed by atoms with van der Waals surface area (Å²) < 4.78 is 9.81. The first-order valence-corrected chi connectivity index (χ1v) is 4.52. The number of rotatable bonds is 2. The molecule has 1 fully saturated rings. The smallest absolute Gasteiger partial charge is 0.338 e. The van der Waals surface area contributed by atoms with Crippen molar-refractivity contribution in [2.24, 2.45) is 0 Å². The summed E-state index contributed by atoms with van der Waals surface area (Å²) in [4.78, 5) is 11.1. The maximum absolute atomic E-state index is 11.1. The summed E-state index contributed by atoms with van der Waals surface area (Å²) in [7, 11) is 1.37. The molecule has 1 aromatic rings. The molecule has 0 spiro atoms. The van der Waals surface area contributed by atoms with Gasteiger partial charge in [-0.2, -0.15) is 0 Å². The van der Waals surface area contributed by atoms with E-state index in [9.17, 15) is 4.79 Å². The van der Waals surface area contributed by atoms with Gasteiger partial charge >= 0.3 is 5.97 Å². The highest BCUT2D eigenvalue weighted by Gasteiger charge is 2.46. The fraction of sp³-hybridized carbons (Fsp3) is 0.364. The quantitative estimate of drug-likeness (QED) is 0.527. The molecule has 3 nitrogen and oxygen atoms in total. The lowest BCUT2D eigenvalue weighted by molar-refractivity contribution is -0.142. The van der Waals surface area contributed by atoms with Gasteiger partial charge < -0.3 is 9.47 Å². The average molecular weight is 192 g/mol. The Labute approximate surface area is 82.6 Å². The fourth-order valence-electron chi connectivity index (χ4n) is 1.42. The molecule has 1 aromatic carbocycles.